The summed E-state index contributed by atoms with van der Waals surface area (Å²) in [6.45, 7) is 1.37. The molecule has 0 saturated heterocycles. The summed E-state index contributed by atoms with van der Waals surface area (Å²) in [7, 11) is 0. The molecule has 0 saturated carbocycles. The van der Waals surface area contributed by atoms with Gasteiger partial charge < -0.3 is 9.63 Å². The summed E-state index contributed by atoms with van der Waals surface area (Å²) in [5, 5.41) is 25.5. The molecule has 0 radical (unpaired) electrons. The number of aryl methyl sites for hydroxylation is 1. The molecule has 2 heterocycles. The van der Waals surface area contributed by atoms with Gasteiger partial charge in [0.15, 0.2) is 0 Å². The molecule has 20 heavy (non-hydrogen) atoms. The fourth-order valence-corrected chi connectivity index (χ4v) is 1.93. The molecule has 11 heteroatoms. The Morgan fingerprint density at radius 3 is 3.00 bits per heavy atom. The molecular weight excluding hydrogens is 288 g/mol. The molecule has 10 nitrogen and oxygen atoms in total. The third kappa shape index (κ3) is 3.78. The smallest absolute Gasteiger partial charge is 0.325 e. The van der Waals surface area contributed by atoms with Crippen molar-refractivity contribution < 1.29 is 19.2 Å². The van der Waals surface area contributed by atoms with Gasteiger partial charge in [-0.3, -0.25) is 14.9 Å². The molecule has 0 bridgehead atoms. The highest BCUT2D eigenvalue weighted by molar-refractivity contribution is 7.99. The molecule has 0 aromatic carbocycles. The van der Waals surface area contributed by atoms with Crippen LogP contribution in [-0.4, -0.2) is 48.1 Å². The van der Waals surface area contributed by atoms with Crippen LogP contribution in [0.15, 0.2) is 15.7 Å². The SMILES string of the molecule is Cc1cc(NC(=O)CSc2nnnn2CC(=O)O)on1. The van der Waals surface area contributed by atoms with Crippen molar-refractivity contribution in [1.29, 1.82) is 0 Å². The topological polar surface area (TPSA) is 136 Å². The number of carbonyl (C=O) groups is 2. The van der Waals surface area contributed by atoms with E-state index in [1.807, 2.05) is 0 Å². The predicted molar refractivity (Wildman–Crippen MR) is 66.0 cm³/mol. The van der Waals surface area contributed by atoms with E-state index < -0.39 is 5.97 Å². The fourth-order valence-electron chi connectivity index (χ4n) is 1.25. The van der Waals surface area contributed by atoms with Crippen LogP contribution in [0.25, 0.3) is 0 Å². The average molecular weight is 298 g/mol. The monoisotopic (exact) mass is 298 g/mol. The summed E-state index contributed by atoms with van der Waals surface area (Å²) in [4.78, 5) is 22.2. The van der Waals surface area contributed by atoms with Crippen molar-refractivity contribution in [2.75, 3.05) is 11.1 Å². The maximum Gasteiger partial charge on any atom is 0.325 e. The highest BCUT2D eigenvalue weighted by atomic mass is 32.2. The van der Waals surface area contributed by atoms with E-state index in [4.69, 9.17) is 9.63 Å². The predicted octanol–water partition coefficient (Wildman–Crippen LogP) is -0.215. The lowest BCUT2D eigenvalue weighted by atomic mass is 10.5. The molecule has 0 atom stereocenters. The number of aliphatic carboxylic acids is 1. The van der Waals surface area contributed by atoms with Gasteiger partial charge >= 0.3 is 5.97 Å². The molecule has 0 unspecified atom stereocenters. The minimum atomic E-state index is -1.07. The van der Waals surface area contributed by atoms with Crippen LogP contribution in [0.5, 0.6) is 0 Å². The van der Waals surface area contributed by atoms with E-state index in [1.54, 1.807) is 13.0 Å². The number of carboxylic acid groups (broad SMARTS) is 1. The highest BCUT2D eigenvalue weighted by Gasteiger charge is 2.13. The normalized spacial score (nSPS) is 10.4. The highest BCUT2D eigenvalue weighted by Crippen LogP contribution is 2.14. The lowest BCUT2D eigenvalue weighted by molar-refractivity contribution is -0.138. The first-order chi connectivity index (χ1) is 9.54. The van der Waals surface area contributed by atoms with E-state index in [1.165, 1.54) is 0 Å². The third-order valence-electron chi connectivity index (χ3n) is 2.01. The number of hydrogen-bond acceptors (Lipinski definition) is 8. The second kappa shape index (κ2) is 6.14. The lowest BCUT2D eigenvalue weighted by Gasteiger charge is -2.01. The van der Waals surface area contributed by atoms with Crippen molar-refractivity contribution in [3.05, 3.63) is 11.8 Å². The van der Waals surface area contributed by atoms with Gasteiger partial charge in [-0.05, 0) is 17.4 Å². The third-order valence-corrected chi connectivity index (χ3v) is 2.96. The molecular formula is C9H10N6O4S. The number of aromatic nitrogens is 5. The maximum atomic E-state index is 11.6. The molecule has 2 aromatic heterocycles. The summed E-state index contributed by atoms with van der Waals surface area (Å²) in [6.07, 6.45) is 0. The van der Waals surface area contributed by atoms with Crippen LogP contribution in [0.3, 0.4) is 0 Å². The van der Waals surface area contributed by atoms with Crippen molar-refractivity contribution in [2.45, 2.75) is 18.6 Å². The number of nitrogens with zero attached hydrogens (tertiary/aromatic N) is 5. The van der Waals surface area contributed by atoms with Crippen molar-refractivity contribution >= 4 is 29.5 Å². The number of nitrogens with one attached hydrogen (secondary N) is 1. The van der Waals surface area contributed by atoms with Crippen LogP contribution in [0, 0.1) is 6.92 Å². The van der Waals surface area contributed by atoms with E-state index in [0.717, 1.165) is 16.4 Å². The Hall–Kier alpha value is -2.43. The molecule has 0 fully saturated rings. The van der Waals surface area contributed by atoms with E-state index in [-0.39, 0.29) is 29.2 Å². The molecule has 2 rings (SSSR count). The average Bonchev–Trinajstić information content (AvgIpc) is 2.96. The number of rotatable bonds is 6. The van der Waals surface area contributed by atoms with E-state index in [0.29, 0.717) is 5.69 Å². The van der Waals surface area contributed by atoms with Gasteiger partial charge in [-0.2, -0.15) is 0 Å². The molecule has 106 valence electrons. The molecule has 1 amide bonds. The summed E-state index contributed by atoms with van der Waals surface area (Å²) < 4.78 is 5.93. The molecule has 0 spiro atoms. The molecule has 0 aliphatic heterocycles. The zero-order valence-electron chi connectivity index (χ0n) is 10.3. The number of tetrazole rings is 1. The van der Waals surface area contributed by atoms with Crippen LogP contribution in [0.4, 0.5) is 5.88 Å². The van der Waals surface area contributed by atoms with Gasteiger partial charge in [-0.15, -0.1) is 5.10 Å². The van der Waals surface area contributed by atoms with Gasteiger partial charge in [0.2, 0.25) is 16.9 Å². The number of carboxylic acids is 1. The van der Waals surface area contributed by atoms with Gasteiger partial charge in [0.1, 0.15) is 6.54 Å². The Bertz CT molecular complexity index is 623. The quantitative estimate of drug-likeness (QED) is 0.693. The largest absolute Gasteiger partial charge is 0.480 e. The molecule has 0 aliphatic rings. The fraction of sp³-hybridized carbons (Fsp3) is 0.333. The standard InChI is InChI=1S/C9H10N6O4S/c1-5-2-7(19-12-5)10-6(16)4-20-9-11-13-14-15(9)3-8(17)18/h2H,3-4H2,1H3,(H,10,16)(H,17,18). The van der Waals surface area contributed by atoms with Crippen molar-refractivity contribution in [2.24, 2.45) is 0 Å². The van der Waals surface area contributed by atoms with Gasteiger partial charge in [-0.25, -0.2) is 4.68 Å². The Morgan fingerprint density at radius 1 is 1.55 bits per heavy atom. The van der Waals surface area contributed by atoms with Crippen LogP contribution in [0.1, 0.15) is 5.69 Å². The van der Waals surface area contributed by atoms with Crippen molar-refractivity contribution in [1.82, 2.24) is 25.4 Å². The van der Waals surface area contributed by atoms with Gasteiger partial charge in [0.25, 0.3) is 0 Å². The zero-order chi connectivity index (χ0) is 14.5. The zero-order valence-corrected chi connectivity index (χ0v) is 11.1. The van der Waals surface area contributed by atoms with Crippen molar-refractivity contribution in [3.8, 4) is 0 Å². The first kappa shape index (κ1) is 14.0. The van der Waals surface area contributed by atoms with Crippen LogP contribution >= 0.6 is 11.8 Å². The molecule has 2 aromatic rings. The minimum absolute atomic E-state index is 0.0136. The number of thioether (sulfide) groups is 1. The molecule has 0 aliphatic carbocycles. The maximum absolute atomic E-state index is 11.6. The minimum Gasteiger partial charge on any atom is -0.480 e. The van der Waals surface area contributed by atoms with Gasteiger partial charge in [-0.1, -0.05) is 16.9 Å². The number of anilines is 1. The Morgan fingerprint density at radius 2 is 2.35 bits per heavy atom. The van der Waals surface area contributed by atoms with E-state index in [9.17, 15) is 9.59 Å². The second-order valence-electron chi connectivity index (χ2n) is 3.68. The Kier molecular flexibility index (Phi) is 4.30. The summed E-state index contributed by atoms with van der Waals surface area (Å²) >= 11 is 1.02. The van der Waals surface area contributed by atoms with Gasteiger partial charge in [0.05, 0.1) is 11.4 Å². The summed E-state index contributed by atoms with van der Waals surface area (Å²) in [5.74, 6) is -1.14. The second-order valence-corrected chi connectivity index (χ2v) is 4.62. The first-order valence-electron chi connectivity index (χ1n) is 5.38. The van der Waals surface area contributed by atoms with Crippen LogP contribution < -0.4 is 5.32 Å². The molecule has 2 N–H and O–H groups in total. The van der Waals surface area contributed by atoms with Gasteiger partial charge in [0, 0.05) is 6.07 Å². The van der Waals surface area contributed by atoms with Crippen LogP contribution in [0.2, 0.25) is 0 Å². The van der Waals surface area contributed by atoms with E-state index >= 15 is 0 Å². The van der Waals surface area contributed by atoms with E-state index in [2.05, 4.69) is 26.0 Å². The lowest BCUT2D eigenvalue weighted by Crippen LogP contribution is -2.15. The summed E-state index contributed by atoms with van der Waals surface area (Å²) in [6, 6.07) is 1.58. The van der Waals surface area contributed by atoms with Crippen molar-refractivity contribution in [3.63, 3.8) is 0 Å². The number of amides is 1. The number of hydrogen-bond donors (Lipinski definition) is 2. The first-order valence-corrected chi connectivity index (χ1v) is 6.37. The number of carbonyl (C=O) groups excluding carboxylic acids is 1. The van der Waals surface area contributed by atoms with Crippen LogP contribution in [-0.2, 0) is 16.1 Å². The Balaban J connectivity index is 1.87. The Labute approximate surface area is 116 Å². The summed E-state index contributed by atoms with van der Waals surface area (Å²) in [5.41, 5.74) is 0.651.